The largest absolute Gasteiger partial charge is 0.395 e. The lowest BCUT2D eigenvalue weighted by Crippen LogP contribution is -2.26. The van der Waals surface area contributed by atoms with Gasteiger partial charge in [0.25, 0.3) is 0 Å². The normalized spacial score (nSPS) is 10.6. The van der Waals surface area contributed by atoms with Gasteiger partial charge in [0.2, 0.25) is 0 Å². The van der Waals surface area contributed by atoms with E-state index < -0.39 is 0 Å². The Hall–Kier alpha value is -1.13. The molecule has 0 aromatic carbocycles. The summed E-state index contributed by atoms with van der Waals surface area (Å²) in [6, 6.07) is 1.81. The van der Waals surface area contributed by atoms with Crippen molar-refractivity contribution in [2.75, 3.05) is 19.7 Å². The van der Waals surface area contributed by atoms with Crippen LogP contribution in [0.3, 0.4) is 0 Å². The van der Waals surface area contributed by atoms with Crippen LogP contribution in [0.1, 0.15) is 5.76 Å². The molecule has 13 heavy (non-hydrogen) atoms. The van der Waals surface area contributed by atoms with Crippen molar-refractivity contribution in [1.82, 2.24) is 10.1 Å². The van der Waals surface area contributed by atoms with Gasteiger partial charge in [-0.1, -0.05) is 11.2 Å². The lowest BCUT2D eigenvalue weighted by atomic mass is 10.4. The van der Waals surface area contributed by atoms with Gasteiger partial charge in [-0.05, 0) is 0 Å². The lowest BCUT2D eigenvalue weighted by molar-refractivity contribution is 0.189. The van der Waals surface area contributed by atoms with Gasteiger partial charge in [0, 0.05) is 19.2 Å². The van der Waals surface area contributed by atoms with Crippen LogP contribution in [-0.4, -0.2) is 34.9 Å². The molecule has 0 aliphatic heterocycles. The van der Waals surface area contributed by atoms with E-state index >= 15 is 0 Å². The molecule has 0 atom stereocenters. The first-order valence-electron chi connectivity index (χ1n) is 4.20. The molecule has 1 N–H and O–H groups in total. The number of aromatic nitrogens is 1. The number of aliphatic hydroxyl groups is 1. The summed E-state index contributed by atoms with van der Waals surface area (Å²) in [6.45, 7) is 5.80. The lowest BCUT2D eigenvalue weighted by Gasteiger charge is -2.16. The van der Waals surface area contributed by atoms with Crippen LogP contribution in [0.2, 0.25) is 0 Å². The molecule has 4 heteroatoms. The molecule has 0 saturated heterocycles. The number of aliphatic hydroxyl groups excluding tert-OH is 1. The molecule has 0 fully saturated rings. The molecule has 0 aliphatic carbocycles. The molecule has 1 heterocycles. The highest BCUT2D eigenvalue weighted by Crippen LogP contribution is 2.02. The molecule has 0 aliphatic rings. The van der Waals surface area contributed by atoms with E-state index in [1.807, 2.05) is 11.0 Å². The topological polar surface area (TPSA) is 49.5 Å². The van der Waals surface area contributed by atoms with E-state index in [0.717, 1.165) is 12.3 Å². The Balaban J connectivity index is 2.42. The van der Waals surface area contributed by atoms with Crippen LogP contribution in [0, 0.1) is 0 Å². The van der Waals surface area contributed by atoms with Crippen molar-refractivity contribution in [2.45, 2.75) is 6.54 Å². The fraction of sp³-hybridized carbons (Fsp3) is 0.444. The van der Waals surface area contributed by atoms with Gasteiger partial charge in [-0.3, -0.25) is 4.90 Å². The molecule has 0 saturated carbocycles. The van der Waals surface area contributed by atoms with E-state index in [1.165, 1.54) is 0 Å². The summed E-state index contributed by atoms with van der Waals surface area (Å²) in [7, 11) is 0. The van der Waals surface area contributed by atoms with Crippen LogP contribution in [0.15, 0.2) is 29.4 Å². The maximum absolute atomic E-state index is 8.77. The number of hydrogen-bond donors (Lipinski definition) is 1. The van der Waals surface area contributed by atoms with E-state index in [1.54, 1.807) is 12.3 Å². The Morgan fingerprint density at radius 3 is 3.08 bits per heavy atom. The SMILES string of the molecule is C=CCN(CCO)Cc1ccno1. The minimum Gasteiger partial charge on any atom is -0.395 e. The van der Waals surface area contributed by atoms with Gasteiger partial charge in [0.05, 0.1) is 19.3 Å². The Morgan fingerprint density at radius 2 is 2.54 bits per heavy atom. The molecule has 0 spiro atoms. The highest BCUT2D eigenvalue weighted by atomic mass is 16.5. The van der Waals surface area contributed by atoms with E-state index in [9.17, 15) is 0 Å². The monoisotopic (exact) mass is 182 g/mol. The van der Waals surface area contributed by atoms with Gasteiger partial charge >= 0.3 is 0 Å². The van der Waals surface area contributed by atoms with Crippen LogP contribution in [-0.2, 0) is 6.54 Å². The van der Waals surface area contributed by atoms with Crippen molar-refractivity contribution in [3.05, 3.63) is 30.7 Å². The van der Waals surface area contributed by atoms with Gasteiger partial charge in [0.15, 0.2) is 5.76 Å². The molecule has 0 radical (unpaired) electrons. The van der Waals surface area contributed by atoms with Crippen molar-refractivity contribution in [3.8, 4) is 0 Å². The molecular formula is C9H14N2O2. The second-order valence-corrected chi connectivity index (χ2v) is 2.73. The number of nitrogens with zero attached hydrogens (tertiary/aromatic N) is 2. The van der Waals surface area contributed by atoms with Crippen LogP contribution in [0.25, 0.3) is 0 Å². The third kappa shape index (κ3) is 3.40. The standard InChI is InChI=1S/C9H14N2O2/c1-2-5-11(6-7-12)8-9-3-4-10-13-9/h2-4,12H,1,5-8H2. The molecule has 0 bridgehead atoms. The molecule has 1 rings (SSSR count). The predicted molar refractivity (Wildman–Crippen MR) is 49.1 cm³/mol. The zero-order valence-corrected chi connectivity index (χ0v) is 7.52. The van der Waals surface area contributed by atoms with Crippen LogP contribution in [0.5, 0.6) is 0 Å². The smallest absolute Gasteiger partial charge is 0.150 e. The summed E-state index contributed by atoms with van der Waals surface area (Å²) < 4.78 is 4.95. The summed E-state index contributed by atoms with van der Waals surface area (Å²) in [6.07, 6.45) is 3.41. The molecule has 0 unspecified atom stereocenters. The molecule has 1 aromatic heterocycles. The average Bonchev–Trinajstić information content (AvgIpc) is 2.58. The van der Waals surface area contributed by atoms with Crippen molar-refractivity contribution in [2.24, 2.45) is 0 Å². The molecule has 72 valence electrons. The zero-order chi connectivity index (χ0) is 9.52. The van der Waals surface area contributed by atoms with Crippen LogP contribution >= 0.6 is 0 Å². The summed E-state index contributed by atoms with van der Waals surface area (Å²) in [5.74, 6) is 0.801. The van der Waals surface area contributed by atoms with Crippen molar-refractivity contribution >= 4 is 0 Å². The van der Waals surface area contributed by atoms with Gasteiger partial charge < -0.3 is 9.63 Å². The van der Waals surface area contributed by atoms with Crippen LogP contribution in [0.4, 0.5) is 0 Å². The maximum Gasteiger partial charge on any atom is 0.150 e. The van der Waals surface area contributed by atoms with E-state index in [4.69, 9.17) is 9.63 Å². The fourth-order valence-electron chi connectivity index (χ4n) is 1.10. The Bertz CT molecular complexity index is 234. The summed E-state index contributed by atoms with van der Waals surface area (Å²) in [5.41, 5.74) is 0. The predicted octanol–water partition coefficient (Wildman–Crippen LogP) is 0.655. The minimum absolute atomic E-state index is 0.141. The zero-order valence-electron chi connectivity index (χ0n) is 7.52. The van der Waals surface area contributed by atoms with Gasteiger partial charge in [0.1, 0.15) is 0 Å². The highest BCUT2D eigenvalue weighted by molar-refractivity contribution is 4.93. The quantitative estimate of drug-likeness (QED) is 0.656. The second kappa shape index (κ2) is 5.50. The average molecular weight is 182 g/mol. The molecule has 4 nitrogen and oxygen atoms in total. The van der Waals surface area contributed by atoms with E-state index in [2.05, 4.69) is 11.7 Å². The third-order valence-corrected chi connectivity index (χ3v) is 1.67. The number of rotatable bonds is 6. The maximum atomic E-state index is 8.77. The van der Waals surface area contributed by atoms with E-state index in [0.29, 0.717) is 13.1 Å². The first-order chi connectivity index (χ1) is 6.36. The first-order valence-corrected chi connectivity index (χ1v) is 4.20. The van der Waals surface area contributed by atoms with Crippen molar-refractivity contribution < 1.29 is 9.63 Å². The first kappa shape index (κ1) is 9.95. The Kier molecular flexibility index (Phi) is 4.21. The molecule has 1 aromatic rings. The highest BCUT2D eigenvalue weighted by Gasteiger charge is 2.05. The van der Waals surface area contributed by atoms with Crippen LogP contribution < -0.4 is 0 Å². The van der Waals surface area contributed by atoms with Gasteiger partial charge in [-0.15, -0.1) is 6.58 Å². The molecule has 0 amide bonds. The Labute approximate surface area is 77.5 Å². The molecular weight excluding hydrogens is 168 g/mol. The summed E-state index contributed by atoms with van der Waals surface area (Å²) in [4.78, 5) is 2.02. The van der Waals surface area contributed by atoms with Crippen molar-refractivity contribution in [1.29, 1.82) is 0 Å². The Morgan fingerprint density at radius 1 is 1.69 bits per heavy atom. The number of hydrogen-bond acceptors (Lipinski definition) is 4. The summed E-state index contributed by atoms with van der Waals surface area (Å²) >= 11 is 0. The van der Waals surface area contributed by atoms with Crippen molar-refractivity contribution in [3.63, 3.8) is 0 Å². The van der Waals surface area contributed by atoms with Gasteiger partial charge in [-0.25, -0.2) is 0 Å². The second-order valence-electron chi connectivity index (χ2n) is 2.73. The third-order valence-electron chi connectivity index (χ3n) is 1.67. The minimum atomic E-state index is 0.141. The van der Waals surface area contributed by atoms with E-state index in [-0.39, 0.29) is 6.61 Å². The fourth-order valence-corrected chi connectivity index (χ4v) is 1.10. The van der Waals surface area contributed by atoms with Gasteiger partial charge in [-0.2, -0.15) is 0 Å². The summed E-state index contributed by atoms with van der Waals surface area (Å²) in [5, 5.41) is 12.4.